The monoisotopic (exact) mass is 434 g/mol. The molecule has 3 nitrogen and oxygen atoms in total. The number of anilines is 2. The molecule has 1 heterocycles. The van der Waals surface area contributed by atoms with Gasteiger partial charge >= 0.3 is 0 Å². The molecule has 0 amide bonds. The molecule has 0 bridgehead atoms. The van der Waals surface area contributed by atoms with Crippen LogP contribution >= 0.6 is 0 Å². The van der Waals surface area contributed by atoms with Crippen molar-refractivity contribution in [3.05, 3.63) is 125 Å². The highest BCUT2D eigenvalue weighted by Gasteiger charge is 2.43. The third-order valence-corrected chi connectivity index (χ3v) is 6.67. The zero-order valence-electron chi connectivity index (χ0n) is 19.4. The summed E-state index contributed by atoms with van der Waals surface area (Å²) < 4.78 is 0. The normalized spacial score (nSPS) is 18.0. The molecule has 0 spiro atoms. The van der Waals surface area contributed by atoms with Gasteiger partial charge in [-0.15, -0.1) is 0 Å². The van der Waals surface area contributed by atoms with E-state index >= 15 is 0 Å². The van der Waals surface area contributed by atoms with Crippen molar-refractivity contribution in [2.75, 3.05) is 16.5 Å². The second-order valence-corrected chi connectivity index (χ2v) is 9.03. The molecule has 0 radical (unpaired) electrons. The number of rotatable bonds is 4. The summed E-state index contributed by atoms with van der Waals surface area (Å²) in [6.45, 7) is 7.25. The molecule has 1 fully saturated rings. The van der Waals surface area contributed by atoms with Crippen LogP contribution in [0.3, 0.4) is 0 Å². The lowest BCUT2D eigenvalue weighted by Crippen LogP contribution is -2.27. The van der Waals surface area contributed by atoms with Crippen molar-refractivity contribution in [2.24, 2.45) is 0 Å². The molecule has 2 atom stereocenters. The first-order chi connectivity index (χ1) is 16.0. The fourth-order valence-electron chi connectivity index (χ4n) is 5.47. The maximum Gasteiger partial charge on any atom is 0.138 e. The molecule has 1 aliphatic heterocycles. The zero-order chi connectivity index (χ0) is 22.9. The van der Waals surface area contributed by atoms with Crippen LogP contribution < -0.4 is 9.80 Å². The van der Waals surface area contributed by atoms with E-state index < -0.39 is 0 Å². The van der Waals surface area contributed by atoms with Crippen molar-refractivity contribution >= 4 is 11.4 Å². The van der Waals surface area contributed by atoms with Crippen molar-refractivity contribution in [1.29, 1.82) is 0 Å². The van der Waals surface area contributed by atoms with Crippen LogP contribution in [0.15, 0.2) is 97.1 Å². The molecule has 4 aromatic rings. The van der Waals surface area contributed by atoms with Gasteiger partial charge in [0.1, 0.15) is 5.75 Å². The van der Waals surface area contributed by atoms with Gasteiger partial charge in [-0.1, -0.05) is 90.5 Å². The molecule has 3 heteroatoms. The van der Waals surface area contributed by atoms with Gasteiger partial charge in [-0.25, -0.2) is 0 Å². The fourth-order valence-corrected chi connectivity index (χ4v) is 5.47. The molecule has 0 saturated carbocycles. The summed E-state index contributed by atoms with van der Waals surface area (Å²) in [5, 5.41) is 10.8. The Morgan fingerprint density at radius 2 is 1.12 bits per heavy atom. The van der Waals surface area contributed by atoms with Gasteiger partial charge in [-0.3, -0.25) is 0 Å². The van der Waals surface area contributed by atoms with E-state index in [-0.39, 0.29) is 12.1 Å². The van der Waals surface area contributed by atoms with E-state index in [0.717, 1.165) is 5.69 Å². The predicted molar refractivity (Wildman–Crippen MR) is 137 cm³/mol. The number of aromatic hydroxyl groups is 1. The first-order valence-electron chi connectivity index (χ1n) is 11.5. The Labute approximate surface area is 196 Å². The summed E-state index contributed by atoms with van der Waals surface area (Å²) in [4.78, 5) is 4.87. The van der Waals surface area contributed by atoms with E-state index in [4.69, 9.17) is 0 Å². The molecule has 1 aliphatic rings. The van der Waals surface area contributed by atoms with Crippen LogP contribution in [-0.4, -0.2) is 11.8 Å². The van der Waals surface area contributed by atoms with E-state index in [1.165, 1.54) is 33.5 Å². The quantitative estimate of drug-likeness (QED) is 0.372. The standard InChI is InChI=1S/C30H30N2O/c1-21-18-22(2)28(23(3)19-21)32-20-31(26-16-10-11-17-27(26)33)29(24-12-6-4-7-13-24)30(32)25-14-8-5-9-15-25/h4-19,29-30,33H,20H2,1-3H3/t29-,30-/m0/s1. The molecule has 4 aromatic carbocycles. The average Bonchev–Trinajstić information content (AvgIpc) is 3.19. The minimum absolute atomic E-state index is 0.0435. The molecule has 1 saturated heterocycles. The maximum absolute atomic E-state index is 10.8. The van der Waals surface area contributed by atoms with Crippen LogP contribution in [0.4, 0.5) is 11.4 Å². The fraction of sp³-hybridized carbons (Fsp3) is 0.200. The number of benzene rings is 4. The molecule has 0 unspecified atom stereocenters. The van der Waals surface area contributed by atoms with Gasteiger partial charge in [0, 0.05) is 5.69 Å². The number of phenols is 1. The molecule has 33 heavy (non-hydrogen) atoms. The average molecular weight is 435 g/mol. The van der Waals surface area contributed by atoms with Crippen molar-refractivity contribution in [3.63, 3.8) is 0 Å². The molecule has 0 aromatic heterocycles. The van der Waals surface area contributed by atoms with E-state index in [1.54, 1.807) is 6.07 Å². The number of para-hydroxylation sites is 2. The first kappa shape index (κ1) is 21.1. The Kier molecular flexibility index (Phi) is 5.55. The lowest BCUT2D eigenvalue weighted by molar-refractivity contribution is 0.472. The SMILES string of the molecule is Cc1cc(C)c(N2CN(c3ccccc3O)[C@@H](c3ccccc3)[C@@H]2c2ccccc2)c(C)c1. The Bertz CT molecular complexity index is 1230. The highest BCUT2D eigenvalue weighted by Crippen LogP contribution is 2.50. The minimum atomic E-state index is 0.0435. The van der Waals surface area contributed by atoms with Crippen LogP contribution in [0.2, 0.25) is 0 Å². The lowest BCUT2D eigenvalue weighted by atomic mass is 9.91. The van der Waals surface area contributed by atoms with Crippen LogP contribution in [-0.2, 0) is 0 Å². The number of hydrogen-bond donors (Lipinski definition) is 1. The Balaban J connectivity index is 1.75. The number of nitrogens with zero attached hydrogens (tertiary/aromatic N) is 2. The van der Waals surface area contributed by atoms with Crippen molar-refractivity contribution in [1.82, 2.24) is 0 Å². The van der Waals surface area contributed by atoms with Crippen LogP contribution in [0.25, 0.3) is 0 Å². The van der Waals surface area contributed by atoms with E-state index in [2.05, 4.69) is 103 Å². The summed E-state index contributed by atoms with van der Waals surface area (Å²) >= 11 is 0. The number of aryl methyl sites for hydroxylation is 3. The van der Waals surface area contributed by atoms with Gasteiger partial charge in [0.2, 0.25) is 0 Å². The van der Waals surface area contributed by atoms with Gasteiger partial charge in [0.05, 0.1) is 24.4 Å². The summed E-state index contributed by atoms with van der Waals surface area (Å²) in [6.07, 6.45) is 0. The summed E-state index contributed by atoms with van der Waals surface area (Å²) in [5.74, 6) is 0.310. The van der Waals surface area contributed by atoms with Gasteiger partial charge < -0.3 is 14.9 Å². The number of phenolic OH excluding ortho intramolecular Hbond substituents is 1. The molecule has 1 N–H and O–H groups in total. The summed E-state index contributed by atoms with van der Waals surface area (Å²) in [7, 11) is 0. The second kappa shape index (κ2) is 8.67. The van der Waals surface area contributed by atoms with E-state index in [0.29, 0.717) is 12.4 Å². The third kappa shape index (κ3) is 3.84. The van der Waals surface area contributed by atoms with Crippen molar-refractivity contribution in [3.8, 4) is 5.75 Å². The van der Waals surface area contributed by atoms with Crippen molar-refractivity contribution < 1.29 is 5.11 Å². The van der Waals surface area contributed by atoms with Gasteiger partial charge in [0.25, 0.3) is 0 Å². The highest BCUT2D eigenvalue weighted by molar-refractivity contribution is 5.68. The minimum Gasteiger partial charge on any atom is -0.506 e. The van der Waals surface area contributed by atoms with Gasteiger partial charge in [-0.2, -0.15) is 0 Å². The summed E-state index contributed by atoms with van der Waals surface area (Å²) in [6, 6.07) is 33.8. The third-order valence-electron chi connectivity index (χ3n) is 6.67. The smallest absolute Gasteiger partial charge is 0.138 e. The molecular weight excluding hydrogens is 404 g/mol. The predicted octanol–water partition coefficient (Wildman–Crippen LogP) is 7.08. The Hall–Kier alpha value is -3.72. The van der Waals surface area contributed by atoms with Gasteiger partial charge in [0.15, 0.2) is 0 Å². The maximum atomic E-state index is 10.8. The largest absolute Gasteiger partial charge is 0.506 e. The highest BCUT2D eigenvalue weighted by atomic mass is 16.3. The van der Waals surface area contributed by atoms with E-state index in [9.17, 15) is 5.11 Å². The summed E-state index contributed by atoms with van der Waals surface area (Å²) in [5.41, 5.74) is 8.47. The van der Waals surface area contributed by atoms with Crippen LogP contribution in [0, 0.1) is 20.8 Å². The van der Waals surface area contributed by atoms with Crippen LogP contribution in [0.5, 0.6) is 5.75 Å². The first-order valence-corrected chi connectivity index (χ1v) is 11.5. The molecule has 0 aliphatic carbocycles. The lowest BCUT2D eigenvalue weighted by Gasteiger charge is -2.32. The van der Waals surface area contributed by atoms with E-state index in [1.807, 2.05) is 18.2 Å². The topological polar surface area (TPSA) is 26.7 Å². The zero-order valence-corrected chi connectivity index (χ0v) is 19.4. The Morgan fingerprint density at radius 3 is 1.67 bits per heavy atom. The van der Waals surface area contributed by atoms with Gasteiger partial charge in [-0.05, 0) is 55.2 Å². The Morgan fingerprint density at radius 1 is 0.636 bits per heavy atom. The molecule has 166 valence electrons. The molecular formula is C30H30N2O. The number of hydrogen-bond acceptors (Lipinski definition) is 3. The molecule has 5 rings (SSSR count). The van der Waals surface area contributed by atoms with Crippen LogP contribution in [0.1, 0.15) is 39.9 Å². The van der Waals surface area contributed by atoms with Crippen molar-refractivity contribution in [2.45, 2.75) is 32.9 Å². The second-order valence-electron chi connectivity index (χ2n) is 9.03.